The molecule has 0 aromatic heterocycles. The number of ether oxygens (including phenoxy) is 2. The Morgan fingerprint density at radius 2 is 1.88 bits per heavy atom. The third kappa shape index (κ3) is 5.86. The van der Waals surface area contributed by atoms with Crippen LogP contribution in [0, 0.1) is 0 Å². The zero-order valence-electron chi connectivity index (χ0n) is 15.4. The Morgan fingerprint density at radius 1 is 1.23 bits per heavy atom. The highest BCUT2D eigenvalue weighted by molar-refractivity contribution is 7.89. The predicted octanol–water partition coefficient (Wildman–Crippen LogP) is 0.933. The number of nitrogens with one attached hydrogen (secondary N) is 2. The highest BCUT2D eigenvalue weighted by Gasteiger charge is 2.30. The molecule has 0 spiro atoms. The van der Waals surface area contributed by atoms with Crippen molar-refractivity contribution in [2.24, 2.45) is 0 Å². The first-order valence-electron chi connectivity index (χ1n) is 8.58. The summed E-state index contributed by atoms with van der Waals surface area (Å²) in [6, 6.07) is 6.94. The second kappa shape index (κ2) is 9.20. The van der Waals surface area contributed by atoms with E-state index in [2.05, 4.69) is 10.6 Å². The second-order valence-electron chi connectivity index (χ2n) is 6.31. The summed E-state index contributed by atoms with van der Waals surface area (Å²) in [6.45, 7) is 4.71. The fourth-order valence-corrected chi connectivity index (χ4v) is 4.36. The van der Waals surface area contributed by atoms with Crippen LogP contribution < -0.4 is 15.4 Å². The van der Waals surface area contributed by atoms with Crippen molar-refractivity contribution in [2.75, 3.05) is 32.5 Å². The smallest absolute Gasteiger partial charge is 0.315 e. The minimum Gasteiger partial charge on any atom is -0.496 e. The van der Waals surface area contributed by atoms with Gasteiger partial charge in [-0.2, -0.15) is 4.31 Å². The van der Waals surface area contributed by atoms with Crippen LogP contribution in [0.3, 0.4) is 0 Å². The van der Waals surface area contributed by atoms with Gasteiger partial charge in [0.1, 0.15) is 5.75 Å². The first kappa shape index (κ1) is 20.5. The van der Waals surface area contributed by atoms with E-state index in [0.29, 0.717) is 25.4 Å². The number of hydrogen-bond acceptors (Lipinski definition) is 5. The minimum absolute atomic E-state index is 0.0419. The van der Waals surface area contributed by atoms with Gasteiger partial charge in [-0.25, -0.2) is 13.2 Å². The molecule has 1 saturated heterocycles. The van der Waals surface area contributed by atoms with E-state index in [-0.39, 0.29) is 24.5 Å². The van der Waals surface area contributed by atoms with Crippen LogP contribution in [0.2, 0.25) is 0 Å². The number of carbonyl (C=O) groups is 1. The van der Waals surface area contributed by atoms with Crippen LogP contribution in [-0.4, -0.2) is 63.5 Å². The normalized spacial score (nSPS) is 21.2. The molecule has 1 aliphatic heterocycles. The van der Waals surface area contributed by atoms with E-state index < -0.39 is 16.1 Å². The van der Waals surface area contributed by atoms with Crippen LogP contribution in [0.25, 0.3) is 0 Å². The molecular formula is C17H27N3O5S. The van der Waals surface area contributed by atoms with Gasteiger partial charge in [0.05, 0.1) is 25.1 Å². The number of hydrogen-bond donors (Lipinski definition) is 2. The lowest BCUT2D eigenvalue weighted by Gasteiger charge is -2.34. The number of methoxy groups -OCH3 is 1. The van der Waals surface area contributed by atoms with Gasteiger partial charge >= 0.3 is 6.03 Å². The number of amides is 2. The number of para-hydroxylation sites is 1. The highest BCUT2D eigenvalue weighted by atomic mass is 32.2. The summed E-state index contributed by atoms with van der Waals surface area (Å²) in [5.41, 5.74) is 0.842. The van der Waals surface area contributed by atoms with Gasteiger partial charge in [0.25, 0.3) is 0 Å². The number of urea groups is 1. The third-order valence-electron chi connectivity index (χ3n) is 4.06. The largest absolute Gasteiger partial charge is 0.496 e. The molecule has 146 valence electrons. The number of sulfonamides is 1. The second-order valence-corrected chi connectivity index (χ2v) is 8.40. The summed E-state index contributed by atoms with van der Waals surface area (Å²) in [5, 5.41) is 5.28. The molecule has 1 aromatic rings. The number of carbonyl (C=O) groups excluding carboxylic acids is 1. The van der Waals surface area contributed by atoms with Crippen molar-refractivity contribution in [3.05, 3.63) is 29.8 Å². The zero-order chi connectivity index (χ0) is 19.2. The van der Waals surface area contributed by atoms with Crippen LogP contribution >= 0.6 is 0 Å². The van der Waals surface area contributed by atoms with E-state index in [0.717, 1.165) is 5.56 Å². The summed E-state index contributed by atoms with van der Waals surface area (Å²) in [4.78, 5) is 11.9. The Labute approximate surface area is 154 Å². The van der Waals surface area contributed by atoms with Crippen LogP contribution in [0.15, 0.2) is 24.3 Å². The minimum atomic E-state index is -3.43. The molecule has 0 saturated carbocycles. The molecule has 0 unspecified atom stereocenters. The predicted molar refractivity (Wildman–Crippen MR) is 98.6 cm³/mol. The molecule has 9 heteroatoms. The van der Waals surface area contributed by atoms with Gasteiger partial charge in [-0.15, -0.1) is 0 Å². The fraction of sp³-hybridized carbons (Fsp3) is 0.588. The SMILES string of the molecule is COc1ccccc1CNC(=O)NCCS(=O)(=O)N1C[C@H](C)O[C@@H](C)C1. The summed E-state index contributed by atoms with van der Waals surface area (Å²) in [7, 11) is -1.87. The summed E-state index contributed by atoms with van der Waals surface area (Å²) in [5.74, 6) is 0.542. The maximum absolute atomic E-state index is 12.4. The molecule has 1 fully saturated rings. The molecule has 8 nitrogen and oxygen atoms in total. The first-order chi connectivity index (χ1) is 12.3. The van der Waals surface area contributed by atoms with Crippen molar-refractivity contribution in [1.82, 2.24) is 14.9 Å². The average Bonchev–Trinajstić information content (AvgIpc) is 2.59. The van der Waals surface area contributed by atoms with Crippen LogP contribution in [0.1, 0.15) is 19.4 Å². The van der Waals surface area contributed by atoms with E-state index in [9.17, 15) is 13.2 Å². The Kier molecular flexibility index (Phi) is 7.24. The van der Waals surface area contributed by atoms with Gasteiger partial charge in [-0.1, -0.05) is 18.2 Å². The van der Waals surface area contributed by atoms with Gasteiger partial charge < -0.3 is 20.1 Å². The lowest BCUT2D eigenvalue weighted by molar-refractivity contribution is -0.0440. The highest BCUT2D eigenvalue weighted by Crippen LogP contribution is 2.16. The summed E-state index contributed by atoms with van der Waals surface area (Å²) >= 11 is 0. The molecule has 26 heavy (non-hydrogen) atoms. The molecule has 0 aliphatic carbocycles. The maximum atomic E-state index is 12.4. The Morgan fingerprint density at radius 3 is 2.54 bits per heavy atom. The van der Waals surface area contributed by atoms with Crippen LogP contribution in [0.5, 0.6) is 5.75 Å². The molecule has 1 aliphatic rings. The maximum Gasteiger partial charge on any atom is 0.315 e. The summed E-state index contributed by atoms with van der Waals surface area (Å²) < 4.78 is 37.0. The molecule has 0 bridgehead atoms. The Hall–Kier alpha value is -1.84. The molecule has 1 aromatic carbocycles. The van der Waals surface area contributed by atoms with E-state index in [1.54, 1.807) is 7.11 Å². The Balaban J connectivity index is 1.77. The molecule has 2 amide bonds. The van der Waals surface area contributed by atoms with Gasteiger partial charge in [0, 0.05) is 31.7 Å². The number of nitrogens with zero attached hydrogens (tertiary/aromatic N) is 1. The lowest BCUT2D eigenvalue weighted by Crippen LogP contribution is -2.50. The fourth-order valence-electron chi connectivity index (χ4n) is 2.87. The van der Waals surface area contributed by atoms with Gasteiger partial charge in [-0.05, 0) is 19.9 Å². The van der Waals surface area contributed by atoms with Crippen molar-refractivity contribution in [3.63, 3.8) is 0 Å². The number of morpholine rings is 1. The molecule has 0 radical (unpaired) electrons. The first-order valence-corrected chi connectivity index (χ1v) is 10.2. The number of rotatable bonds is 7. The standard InChI is InChI=1S/C17H27N3O5S/c1-13-11-20(12-14(2)25-13)26(22,23)9-8-18-17(21)19-10-15-6-4-5-7-16(15)24-3/h4-7,13-14H,8-12H2,1-3H3,(H2,18,19,21)/t13-,14-/m0/s1. The average molecular weight is 385 g/mol. The van der Waals surface area contributed by atoms with Crippen LogP contribution in [0.4, 0.5) is 4.79 Å². The van der Waals surface area contributed by atoms with E-state index in [1.807, 2.05) is 38.1 Å². The van der Waals surface area contributed by atoms with Crippen molar-refractivity contribution in [2.45, 2.75) is 32.6 Å². The van der Waals surface area contributed by atoms with Crippen LogP contribution in [-0.2, 0) is 21.3 Å². The topological polar surface area (TPSA) is 97.0 Å². The van der Waals surface area contributed by atoms with Gasteiger partial charge in [-0.3, -0.25) is 0 Å². The molecule has 2 rings (SSSR count). The molecule has 2 N–H and O–H groups in total. The Bertz CT molecular complexity index is 700. The van der Waals surface area contributed by atoms with E-state index in [1.165, 1.54) is 4.31 Å². The third-order valence-corrected chi connectivity index (χ3v) is 5.86. The van der Waals surface area contributed by atoms with Gasteiger partial charge in [0.2, 0.25) is 10.0 Å². The van der Waals surface area contributed by atoms with E-state index >= 15 is 0 Å². The molecular weight excluding hydrogens is 358 g/mol. The summed E-state index contributed by atoms with van der Waals surface area (Å²) in [6.07, 6.45) is -0.267. The van der Waals surface area contributed by atoms with Crippen molar-refractivity contribution in [1.29, 1.82) is 0 Å². The van der Waals surface area contributed by atoms with Gasteiger partial charge in [0.15, 0.2) is 0 Å². The molecule has 2 atom stereocenters. The zero-order valence-corrected chi connectivity index (χ0v) is 16.2. The molecule has 1 heterocycles. The van der Waals surface area contributed by atoms with Crippen molar-refractivity contribution in [3.8, 4) is 5.75 Å². The quantitative estimate of drug-likeness (QED) is 0.728. The van der Waals surface area contributed by atoms with Crippen molar-refractivity contribution < 1.29 is 22.7 Å². The number of benzene rings is 1. The van der Waals surface area contributed by atoms with E-state index in [4.69, 9.17) is 9.47 Å². The van der Waals surface area contributed by atoms with Crippen molar-refractivity contribution >= 4 is 16.1 Å². The lowest BCUT2D eigenvalue weighted by atomic mass is 10.2. The monoisotopic (exact) mass is 385 g/mol.